The first-order chi connectivity index (χ1) is 15.9. The third-order valence-electron chi connectivity index (χ3n) is 4.98. The molecule has 1 atom stereocenters. The van der Waals surface area contributed by atoms with E-state index in [1.807, 2.05) is 30.3 Å². The van der Waals surface area contributed by atoms with Crippen LogP contribution in [0.15, 0.2) is 96.2 Å². The molecule has 8 nitrogen and oxygen atoms in total. The lowest BCUT2D eigenvalue weighted by molar-refractivity contribution is -0.137. The molecule has 0 radical (unpaired) electrons. The van der Waals surface area contributed by atoms with Gasteiger partial charge in [-0.15, -0.1) is 0 Å². The molecule has 3 aromatic carbocycles. The number of benzene rings is 3. The van der Waals surface area contributed by atoms with E-state index in [2.05, 4.69) is 20.0 Å². The van der Waals surface area contributed by atoms with Crippen LogP contribution in [0.5, 0.6) is 0 Å². The highest BCUT2D eigenvalue weighted by atomic mass is 32.2. The maximum absolute atomic E-state index is 13.1. The molecule has 0 fully saturated rings. The lowest BCUT2D eigenvalue weighted by Gasteiger charge is -2.18. The van der Waals surface area contributed by atoms with E-state index < -0.39 is 22.0 Å². The number of nitrogens with zero attached hydrogens (tertiary/aromatic N) is 1. The van der Waals surface area contributed by atoms with Gasteiger partial charge < -0.3 is 15.4 Å². The molecule has 0 bridgehead atoms. The zero-order valence-corrected chi connectivity index (χ0v) is 18.3. The van der Waals surface area contributed by atoms with Crippen LogP contribution in [-0.4, -0.2) is 29.5 Å². The fraction of sp³-hybridized carbons (Fsp3) is 0.0833. The van der Waals surface area contributed by atoms with Gasteiger partial charge in [-0.25, -0.2) is 18.1 Å². The molecule has 0 spiro atoms. The standard InChI is InChI=1S/C24H22N4O4S/c29-23(30)16-22(17-6-2-1-3-7-17)28-33(31,32)21-11-5-9-19(15-21)18-8-4-10-20(14-18)27-24-25-12-13-26-24/h1-15,22,28H,16H2,(H,29,30)(H2,25,26,27)/t22-/m0/s1. The highest BCUT2D eigenvalue weighted by Crippen LogP contribution is 2.27. The fourth-order valence-electron chi connectivity index (χ4n) is 3.43. The predicted octanol–water partition coefficient (Wildman–Crippen LogP) is 4.31. The average molecular weight is 463 g/mol. The molecule has 0 saturated heterocycles. The van der Waals surface area contributed by atoms with Crippen LogP contribution in [0.1, 0.15) is 18.0 Å². The predicted molar refractivity (Wildman–Crippen MR) is 126 cm³/mol. The van der Waals surface area contributed by atoms with Gasteiger partial charge in [-0.3, -0.25) is 4.79 Å². The average Bonchev–Trinajstić information content (AvgIpc) is 3.32. The lowest BCUT2D eigenvalue weighted by atomic mass is 10.1. The zero-order chi connectivity index (χ0) is 23.3. The number of hydrogen-bond acceptors (Lipinski definition) is 5. The number of anilines is 2. The van der Waals surface area contributed by atoms with Crippen molar-refractivity contribution in [1.29, 1.82) is 0 Å². The molecule has 0 aliphatic heterocycles. The van der Waals surface area contributed by atoms with E-state index in [1.165, 1.54) is 6.07 Å². The van der Waals surface area contributed by atoms with Crippen molar-refractivity contribution in [1.82, 2.24) is 14.7 Å². The first kappa shape index (κ1) is 22.3. The Morgan fingerprint density at radius 2 is 1.70 bits per heavy atom. The van der Waals surface area contributed by atoms with Crippen LogP contribution in [0.4, 0.5) is 11.6 Å². The van der Waals surface area contributed by atoms with Crippen molar-refractivity contribution in [2.75, 3.05) is 5.32 Å². The van der Waals surface area contributed by atoms with E-state index in [0.29, 0.717) is 17.1 Å². The molecule has 9 heteroatoms. The number of aromatic amines is 1. The van der Waals surface area contributed by atoms with Crippen molar-refractivity contribution in [2.24, 2.45) is 0 Å². The molecule has 4 rings (SSSR count). The summed E-state index contributed by atoms with van der Waals surface area (Å²) in [7, 11) is -3.98. The van der Waals surface area contributed by atoms with E-state index in [4.69, 9.17) is 0 Å². The summed E-state index contributed by atoms with van der Waals surface area (Å²) in [6, 6.07) is 21.8. The second-order valence-electron chi connectivity index (χ2n) is 7.35. The molecule has 4 N–H and O–H groups in total. The topological polar surface area (TPSA) is 124 Å². The third-order valence-corrected chi connectivity index (χ3v) is 6.45. The van der Waals surface area contributed by atoms with E-state index in [-0.39, 0.29) is 11.3 Å². The van der Waals surface area contributed by atoms with Gasteiger partial charge in [0.05, 0.1) is 17.4 Å². The smallest absolute Gasteiger partial charge is 0.305 e. The Labute approximate surface area is 191 Å². The van der Waals surface area contributed by atoms with Gasteiger partial charge in [0.15, 0.2) is 0 Å². The maximum Gasteiger partial charge on any atom is 0.305 e. The number of sulfonamides is 1. The van der Waals surface area contributed by atoms with E-state index >= 15 is 0 Å². The Bertz CT molecular complexity index is 1340. The SMILES string of the molecule is O=C(O)C[C@H](NS(=O)(=O)c1cccc(-c2cccc(Nc3ncc[nH]3)c2)c1)c1ccccc1. The minimum atomic E-state index is -3.98. The molecular weight excluding hydrogens is 440 g/mol. The minimum Gasteiger partial charge on any atom is -0.481 e. The normalized spacial score (nSPS) is 12.2. The van der Waals surface area contributed by atoms with Gasteiger partial charge in [0.1, 0.15) is 0 Å². The molecule has 0 aliphatic carbocycles. The maximum atomic E-state index is 13.1. The number of hydrogen-bond donors (Lipinski definition) is 4. The number of aliphatic carboxylic acids is 1. The molecule has 0 saturated carbocycles. The second-order valence-corrected chi connectivity index (χ2v) is 9.07. The van der Waals surface area contributed by atoms with Crippen molar-refractivity contribution in [3.05, 3.63) is 96.8 Å². The van der Waals surface area contributed by atoms with Crippen molar-refractivity contribution in [3.63, 3.8) is 0 Å². The number of carbonyl (C=O) groups is 1. The Hall–Kier alpha value is -3.95. The van der Waals surface area contributed by atoms with E-state index in [1.54, 1.807) is 54.9 Å². The number of imidazole rings is 1. The first-order valence-electron chi connectivity index (χ1n) is 10.2. The fourth-order valence-corrected chi connectivity index (χ4v) is 4.70. The highest BCUT2D eigenvalue weighted by Gasteiger charge is 2.24. The highest BCUT2D eigenvalue weighted by molar-refractivity contribution is 7.89. The van der Waals surface area contributed by atoms with Gasteiger partial charge in [-0.05, 0) is 41.0 Å². The van der Waals surface area contributed by atoms with Crippen LogP contribution in [0.3, 0.4) is 0 Å². The van der Waals surface area contributed by atoms with Crippen LogP contribution in [0.25, 0.3) is 11.1 Å². The van der Waals surface area contributed by atoms with Crippen LogP contribution in [0, 0.1) is 0 Å². The minimum absolute atomic E-state index is 0.0516. The Morgan fingerprint density at radius 1 is 0.970 bits per heavy atom. The van der Waals surface area contributed by atoms with Gasteiger partial charge in [0.2, 0.25) is 16.0 Å². The van der Waals surface area contributed by atoms with Crippen LogP contribution >= 0.6 is 0 Å². The molecule has 0 unspecified atom stereocenters. The number of carboxylic acid groups (broad SMARTS) is 1. The molecule has 0 amide bonds. The Kier molecular flexibility index (Phi) is 6.53. The Morgan fingerprint density at radius 3 is 2.39 bits per heavy atom. The van der Waals surface area contributed by atoms with Crippen LogP contribution < -0.4 is 10.0 Å². The second kappa shape index (κ2) is 9.68. The number of carboxylic acids is 1. The largest absolute Gasteiger partial charge is 0.481 e. The lowest BCUT2D eigenvalue weighted by Crippen LogP contribution is -2.30. The van der Waals surface area contributed by atoms with E-state index in [9.17, 15) is 18.3 Å². The summed E-state index contributed by atoms with van der Waals surface area (Å²) in [6.45, 7) is 0. The summed E-state index contributed by atoms with van der Waals surface area (Å²) in [5.41, 5.74) is 2.89. The summed E-state index contributed by atoms with van der Waals surface area (Å²) in [5.74, 6) is -0.501. The molecule has 4 aromatic rings. The molecule has 1 heterocycles. The number of aromatic nitrogens is 2. The summed E-state index contributed by atoms with van der Waals surface area (Å²) in [5, 5.41) is 12.4. The molecule has 168 valence electrons. The molecule has 1 aromatic heterocycles. The monoisotopic (exact) mass is 462 g/mol. The first-order valence-corrected chi connectivity index (χ1v) is 11.6. The van der Waals surface area contributed by atoms with Gasteiger partial charge in [-0.1, -0.05) is 54.6 Å². The van der Waals surface area contributed by atoms with Gasteiger partial charge in [0.25, 0.3) is 0 Å². The molecule has 33 heavy (non-hydrogen) atoms. The summed E-state index contributed by atoms with van der Waals surface area (Å²) < 4.78 is 28.8. The van der Waals surface area contributed by atoms with Gasteiger partial charge in [-0.2, -0.15) is 0 Å². The quantitative estimate of drug-likeness (QED) is 0.294. The summed E-state index contributed by atoms with van der Waals surface area (Å²) in [4.78, 5) is 18.5. The number of rotatable bonds is 9. The Balaban J connectivity index is 1.60. The number of nitrogens with one attached hydrogen (secondary N) is 3. The summed E-state index contributed by atoms with van der Waals surface area (Å²) in [6.07, 6.45) is 2.98. The van der Waals surface area contributed by atoms with Crippen LogP contribution in [0.2, 0.25) is 0 Å². The summed E-state index contributed by atoms with van der Waals surface area (Å²) >= 11 is 0. The van der Waals surface area contributed by atoms with Crippen molar-refractivity contribution >= 4 is 27.6 Å². The van der Waals surface area contributed by atoms with Crippen molar-refractivity contribution < 1.29 is 18.3 Å². The molecule has 0 aliphatic rings. The van der Waals surface area contributed by atoms with E-state index in [0.717, 1.165) is 11.3 Å². The molecular formula is C24H22N4O4S. The van der Waals surface area contributed by atoms with Gasteiger partial charge in [0, 0.05) is 18.1 Å². The third kappa shape index (κ3) is 5.65. The van der Waals surface area contributed by atoms with Crippen LogP contribution in [-0.2, 0) is 14.8 Å². The van der Waals surface area contributed by atoms with Gasteiger partial charge >= 0.3 is 5.97 Å². The number of H-pyrrole nitrogens is 1. The van der Waals surface area contributed by atoms with Crippen molar-refractivity contribution in [2.45, 2.75) is 17.4 Å². The zero-order valence-electron chi connectivity index (χ0n) is 17.5. The van der Waals surface area contributed by atoms with Crippen molar-refractivity contribution in [3.8, 4) is 11.1 Å².